The Balaban J connectivity index is 1.57. The van der Waals surface area contributed by atoms with Crippen molar-refractivity contribution < 1.29 is 9.53 Å². The van der Waals surface area contributed by atoms with E-state index in [9.17, 15) is 9.59 Å². The first-order valence-corrected chi connectivity index (χ1v) is 8.43. The number of morpholine rings is 1. The summed E-state index contributed by atoms with van der Waals surface area (Å²) in [4.78, 5) is 31.4. The van der Waals surface area contributed by atoms with Gasteiger partial charge in [0.2, 0.25) is 5.91 Å². The summed E-state index contributed by atoms with van der Waals surface area (Å²) in [5.74, 6) is -0.0395. The van der Waals surface area contributed by atoms with Gasteiger partial charge in [-0.3, -0.25) is 18.8 Å². The minimum Gasteiger partial charge on any atom is -0.374 e. The average Bonchev–Trinajstić information content (AvgIpc) is 2.98. The quantitative estimate of drug-likeness (QED) is 0.790. The molecule has 1 amide bonds. The number of amides is 1. The zero-order chi connectivity index (χ0) is 16.7. The van der Waals surface area contributed by atoms with Crippen molar-refractivity contribution in [2.24, 2.45) is 7.05 Å². The van der Waals surface area contributed by atoms with Crippen LogP contribution in [0.4, 0.5) is 0 Å². The number of carbonyl (C=O) groups excluding carboxylic acids is 1. The topological polar surface area (TPSA) is 82.2 Å². The number of aryl methyl sites for hydroxylation is 1. The molecule has 2 aliphatic rings. The van der Waals surface area contributed by atoms with E-state index in [2.05, 4.69) is 10.1 Å². The molecule has 0 N–H and O–H groups in total. The summed E-state index contributed by atoms with van der Waals surface area (Å²) in [6.07, 6.45) is 7.34. The van der Waals surface area contributed by atoms with Crippen molar-refractivity contribution >= 4 is 16.9 Å². The van der Waals surface area contributed by atoms with E-state index in [1.54, 1.807) is 11.7 Å². The van der Waals surface area contributed by atoms with E-state index in [1.165, 1.54) is 17.1 Å². The average molecular weight is 331 g/mol. The molecular formula is C16H21N5O3. The number of hydrogen-bond donors (Lipinski definition) is 0. The molecule has 8 heteroatoms. The summed E-state index contributed by atoms with van der Waals surface area (Å²) >= 11 is 0. The van der Waals surface area contributed by atoms with Crippen molar-refractivity contribution in [1.82, 2.24) is 24.2 Å². The van der Waals surface area contributed by atoms with Crippen LogP contribution >= 0.6 is 0 Å². The van der Waals surface area contributed by atoms with Crippen LogP contribution in [0.15, 0.2) is 17.3 Å². The molecule has 2 aromatic rings. The van der Waals surface area contributed by atoms with Crippen LogP contribution < -0.4 is 5.56 Å². The third-order valence-corrected chi connectivity index (χ3v) is 5.08. The Labute approximate surface area is 139 Å². The van der Waals surface area contributed by atoms with Gasteiger partial charge in [-0.2, -0.15) is 5.10 Å². The number of ether oxygens (including phenoxy) is 1. The fraction of sp³-hybridized carbons (Fsp3) is 0.625. The maximum absolute atomic E-state index is 12.8. The molecule has 8 nitrogen and oxygen atoms in total. The van der Waals surface area contributed by atoms with Crippen LogP contribution in [0.5, 0.6) is 0 Å². The summed E-state index contributed by atoms with van der Waals surface area (Å²) < 4.78 is 8.74. The summed E-state index contributed by atoms with van der Waals surface area (Å²) in [7, 11) is 1.74. The van der Waals surface area contributed by atoms with Crippen LogP contribution in [-0.2, 0) is 23.1 Å². The number of fused-ring (bicyclic) bond motifs is 2. The second kappa shape index (κ2) is 6.01. The van der Waals surface area contributed by atoms with Crippen molar-refractivity contribution in [2.75, 3.05) is 13.2 Å². The predicted molar refractivity (Wildman–Crippen MR) is 86.5 cm³/mol. The van der Waals surface area contributed by atoms with E-state index in [0.29, 0.717) is 24.2 Å². The van der Waals surface area contributed by atoms with Crippen LogP contribution in [0.3, 0.4) is 0 Å². The lowest BCUT2D eigenvalue weighted by Gasteiger charge is -2.43. The molecule has 0 bridgehead atoms. The van der Waals surface area contributed by atoms with Crippen molar-refractivity contribution in [3.8, 4) is 0 Å². The molecule has 0 aromatic carbocycles. The first-order valence-electron chi connectivity index (χ1n) is 8.43. The predicted octanol–water partition coefficient (Wildman–Crippen LogP) is 0.300. The van der Waals surface area contributed by atoms with E-state index in [1.807, 2.05) is 4.90 Å². The highest BCUT2D eigenvalue weighted by molar-refractivity contribution is 5.77. The van der Waals surface area contributed by atoms with Crippen molar-refractivity contribution in [3.05, 3.63) is 22.9 Å². The van der Waals surface area contributed by atoms with Crippen molar-refractivity contribution in [2.45, 2.75) is 44.4 Å². The number of nitrogens with zero attached hydrogens (tertiary/aromatic N) is 5. The third-order valence-electron chi connectivity index (χ3n) is 5.08. The first-order chi connectivity index (χ1) is 11.6. The molecule has 0 spiro atoms. The van der Waals surface area contributed by atoms with E-state index < -0.39 is 0 Å². The molecule has 1 aliphatic heterocycles. The van der Waals surface area contributed by atoms with Crippen LogP contribution in [0.1, 0.15) is 25.7 Å². The van der Waals surface area contributed by atoms with Crippen LogP contribution in [0.25, 0.3) is 11.0 Å². The number of carbonyl (C=O) groups is 1. The molecule has 1 aliphatic carbocycles. The van der Waals surface area contributed by atoms with Gasteiger partial charge in [-0.1, -0.05) is 12.8 Å². The highest BCUT2D eigenvalue weighted by Gasteiger charge is 2.36. The van der Waals surface area contributed by atoms with Gasteiger partial charge in [-0.05, 0) is 12.8 Å². The molecule has 0 unspecified atom stereocenters. The summed E-state index contributed by atoms with van der Waals surface area (Å²) in [5.41, 5.74) is 0.303. The highest BCUT2D eigenvalue weighted by atomic mass is 16.5. The van der Waals surface area contributed by atoms with Crippen LogP contribution in [0, 0.1) is 0 Å². The second-order valence-electron chi connectivity index (χ2n) is 6.53. The Hall–Kier alpha value is -2.22. The van der Waals surface area contributed by atoms with Crippen LogP contribution in [0.2, 0.25) is 0 Å². The Morgan fingerprint density at radius 1 is 1.38 bits per heavy atom. The number of rotatable bonds is 2. The van der Waals surface area contributed by atoms with E-state index in [-0.39, 0.29) is 30.2 Å². The van der Waals surface area contributed by atoms with Gasteiger partial charge >= 0.3 is 0 Å². The Bertz CT molecular complexity index is 825. The van der Waals surface area contributed by atoms with Crippen molar-refractivity contribution in [1.29, 1.82) is 0 Å². The lowest BCUT2D eigenvalue weighted by atomic mass is 9.90. The van der Waals surface area contributed by atoms with Gasteiger partial charge < -0.3 is 9.64 Å². The summed E-state index contributed by atoms with van der Waals surface area (Å²) in [6.45, 7) is 1.18. The normalized spacial score (nSPS) is 24.1. The minimum absolute atomic E-state index is 0.0138. The molecule has 1 saturated carbocycles. The SMILES string of the molecule is Cn1ncc2c(=O)n(CC(=O)N3CCO[C@H]4CCCC[C@H]43)cnc21. The van der Waals surface area contributed by atoms with Gasteiger partial charge in [-0.15, -0.1) is 0 Å². The van der Waals surface area contributed by atoms with Gasteiger partial charge in [0.1, 0.15) is 18.3 Å². The molecule has 2 aromatic heterocycles. The molecule has 3 heterocycles. The Kier molecular flexibility index (Phi) is 3.84. The maximum atomic E-state index is 12.8. The van der Waals surface area contributed by atoms with Crippen LogP contribution in [-0.4, -0.2) is 55.4 Å². The van der Waals surface area contributed by atoms with Gasteiger partial charge in [0.15, 0.2) is 5.65 Å². The molecule has 24 heavy (non-hydrogen) atoms. The molecule has 2 atom stereocenters. The largest absolute Gasteiger partial charge is 0.374 e. The lowest BCUT2D eigenvalue weighted by Crippen LogP contribution is -2.55. The standard InChI is InChI=1S/C16H21N5O3/c1-19-15-11(8-18-19)16(23)20(10-17-15)9-14(22)21-6-7-24-13-5-3-2-4-12(13)21/h8,10,12-13H,2-7,9H2,1H3/t12-,13+/m1/s1. The van der Waals surface area contributed by atoms with E-state index in [0.717, 1.165) is 25.7 Å². The van der Waals surface area contributed by atoms with Gasteiger partial charge in [0.05, 0.1) is 24.9 Å². The zero-order valence-corrected chi connectivity index (χ0v) is 13.7. The monoisotopic (exact) mass is 331 g/mol. The molecule has 2 fully saturated rings. The van der Waals surface area contributed by atoms with Gasteiger partial charge in [0, 0.05) is 13.6 Å². The number of aromatic nitrogens is 4. The van der Waals surface area contributed by atoms with Gasteiger partial charge in [-0.25, -0.2) is 4.98 Å². The smallest absolute Gasteiger partial charge is 0.264 e. The Morgan fingerprint density at radius 2 is 2.21 bits per heavy atom. The maximum Gasteiger partial charge on any atom is 0.264 e. The van der Waals surface area contributed by atoms with E-state index >= 15 is 0 Å². The molecule has 128 valence electrons. The highest BCUT2D eigenvalue weighted by Crippen LogP contribution is 2.28. The van der Waals surface area contributed by atoms with Crippen molar-refractivity contribution in [3.63, 3.8) is 0 Å². The number of hydrogen-bond acceptors (Lipinski definition) is 5. The summed E-state index contributed by atoms with van der Waals surface area (Å²) in [6, 6.07) is 0.144. The summed E-state index contributed by atoms with van der Waals surface area (Å²) in [5, 5.41) is 4.49. The molecule has 4 rings (SSSR count). The Morgan fingerprint density at radius 3 is 3.08 bits per heavy atom. The fourth-order valence-electron chi connectivity index (χ4n) is 3.82. The zero-order valence-electron chi connectivity index (χ0n) is 13.7. The fourth-order valence-corrected chi connectivity index (χ4v) is 3.82. The molecule has 1 saturated heterocycles. The lowest BCUT2D eigenvalue weighted by molar-refractivity contribution is -0.150. The molecular weight excluding hydrogens is 310 g/mol. The third kappa shape index (κ3) is 2.50. The molecule has 0 radical (unpaired) electrons. The second-order valence-corrected chi connectivity index (χ2v) is 6.53. The van der Waals surface area contributed by atoms with Gasteiger partial charge in [0.25, 0.3) is 5.56 Å². The van der Waals surface area contributed by atoms with E-state index in [4.69, 9.17) is 4.74 Å². The minimum atomic E-state index is -0.227. The first kappa shape index (κ1) is 15.3.